The van der Waals surface area contributed by atoms with Crippen LogP contribution in [-0.2, 0) is 0 Å². The van der Waals surface area contributed by atoms with Gasteiger partial charge in [-0.15, -0.1) is 0 Å². The van der Waals surface area contributed by atoms with Crippen LogP contribution >= 0.6 is 15.9 Å². The standard InChI is InChI=1S/C20H28BrN9/c1-3-28-6-7-29(13(2)19(28)14(8-22)9-23)17-4-5-24-20(27-17)15-10-26-18-11-25-16(21)12-30(15)18/h4-5,8-13,17-19,22,26H,3,6-7,23H2,1-2H3,(H,24,27)/b14-9+,22-8?. The predicted octanol–water partition coefficient (Wildman–Crippen LogP) is 1.07. The first-order chi connectivity index (χ1) is 14.6. The lowest BCUT2D eigenvalue weighted by Gasteiger charge is -2.49. The van der Waals surface area contributed by atoms with Gasteiger partial charge in [0.05, 0.1) is 6.04 Å². The van der Waals surface area contributed by atoms with Crippen LogP contribution < -0.4 is 16.4 Å². The molecule has 4 aliphatic heterocycles. The predicted molar refractivity (Wildman–Crippen MR) is 124 cm³/mol. The largest absolute Gasteiger partial charge is 0.404 e. The van der Waals surface area contributed by atoms with E-state index in [0.717, 1.165) is 41.3 Å². The van der Waals surface area contributed by atoms with Gasteiger partial charge in [0.2, 0.25) is 0 Å². The fourth-order valence-electron chi connectivity index (χ4n) is 4.51. The van der Waals surface area contributed by atoms with Crippen molar-refractivity contribution in [3.05, 3.63) is 46.8 Å². The molecule has 4 aliphatic rings. The number of hydrogen-bond acceptors (Lipinski definition) is 9. The van der Waals surface area contributed by atoms with Crippen molar-refractivity contribution >= 4 is 34.2 Å². The number of nitrogens with two attached hydrogens (primary N) is 1. The topological polar surface area (TPSA) is 108 Å². The van der Waals surface area contributed by atoms with Crippen LogP contribution in [0.4, 0.5) is 0 Å². The first-order valence-electron chi connectivity index (χ1n) is 10.2. The van der Waals surface area contributed by atoms with Crippen molar-refractivity contribution in [1.82, 2.24) is 25.3 Å². The Labute approximate surface area is 185 Å². The number of aliphatic imine (C=N–C) groups is 2. The number of fused-ring (bicyclic) bond motifs is 1. The summed E-state index contributed by atoms with van der Waals surface area (Å²) >= 11 is 3.45. The maximum absolute atomic E-state index is 7.80. The summed E-state index contributed by atoms with van der Waals surface area (Å²) < 4.78 is 0.775. The molecule has 30 heavy (non-hydrogen) atoms. The van der Waals surface area contributed by atoms with Crippen molar-refractivity contribution in [2.24, 2.45) is 15.7 Å². The van der Waals surface area contributed by atoms with Gasteiger partial charge < -0.3 is 26.7 Å². The van der Waals surface area contributed by atoms with Crippen LogP contribution in [0.25, 0.3) is 0 Å². The van der Waals surface area contributed by atoms with E-state index in [9.17, 15) is 0 Å². The second-order valence-corrected chi connectivity index (χ2v) is 8.36. The fourth-order valence-corrected chi connectivity index (χ4v) is 4.85. The van der Waals surface area contributed by atoms with Gasteiger partial charge in [-0.3, -0.25) is 9.80 Å². The third-order valence-electron chi connectivity index (χ3n) is 6.04. The summed E-state index contributed by atoms with van der Waals surface area (Å²) in [4.78, 5) is 15.8. The van der Waals surface area contributed by atoms with Crippen LogP contribution in [0, 0.1) is 5.41 Å². The van der Waals surface area contributed by atoms with Gasteiger partial charge in [0, 0.05) is 61.9 Å². The third kappa shape index (κ3) is 3.70. The average molecular weight is 474 g/mol. The van der Waals surface area contributed by atoms with E-state index in [1.165, 1.54) is 6.21 Å². The van der Waals surface area contributed by atoms with E-state index >= 15 is 0 Å². The monoisotopic (exact) mass is 473 g/mol. The minimum absolute atomic E-state index is 0.00333. The van der Waals surface area contributed by atoms with Crippen LogP contribution in [0.1, 0.15) is 13.8 Å². The molecule has 4 atom stereocenters. The minimum atomic E-state index is -0.00333. The molecule has 0 spiro atoms. The Morgan fingerprint density at radius 1 is 1.40 bits per heavy atom. The number of amidine groups is 1. The molecule has 0 amide bonds. The summed E-state index contributed by atoms with van der Waals surface area (Å²) in [5, 5.41) is 14.7. The summed E-state index contributed by atoms with van der Waals surface area (Å²) in [5.74, 6) is 0.813. The van der Waals surface area contributed by atoms with Crippen molar-refractivity contribution in [2.45, 2.75) is 38.3 Å². The van der Waals surface area contributed by atoms with E-state index in [-0.39, 0.29) is 24.4 Å². The molecule has 1 saturated heterocycles. The SMILES string of the molecule is CCN1CCN(C2C=CN=C(C3=CNC4C=NC(Br)=CN34)N2)C(C)C1/C(C=N)=C/N. The Bertz CT molecular complexity index is 872. The molecule has 0 radical (unpaired) electrons. The number of piperazine rings is 1. The Kier molecular flexibility index (Phi) is 6.07. The molecule has 0 aromatic rings. The quantitative estimate of drug-likeness (QED) is 0.351. The second-order valence-electron chi connectivity index (χ2n) is 7.55. The fraction of sp³-hybridized carbons (Fsp3) is 0.450. The molecule has 4 heterocycles. The Hall–Kier alpha value is -2.43. The Morgan fingerprint density at radius 2 is 2.23 bits per heavy atom. The average Bonchev–Trinajstić information content (AvgIpc) is 3.18. The molecule has 4 rings (SSSR count). The molecule has 5 N–H and O–H groups in total. The van der Waals surface area contributed by atoms with Crippen molar-refractivity contribution in [3.63, 3.8) is 0 Å². The molecular weight excluding hydrogens is 446 g/mol. The smallest absolute Gasteiger partial charge is 0.152 e. The van der Waals surface area contributed by atoms with Gasteiger partial charge in [-0.25, -0.2) is 9.98 Å². The van der Waals surface area contributed by atoms with Crippen molar-refractivity contribution in [1.29, 1.82) is 5.41 Å². The van der Waals surface area contributed by atoms with E-state index in [2.05, 4.69) is 71.2 Å². The maximum Gasteiger partial charge on any atom is 0.152 e. The molecule has 0 aromatic heterocycles. The molecule has 0 bridgehead atoms. The zero-order chi connectivity index (χ0) is 21.3. The number of likely N-dealkylation sites (N-methyl/N-ethyl adjacent to an activating group) is 1. The number of hydrogen-bond donors (Lipinski definition) is 4. The zero-order valence-corrected chi connectivity index (χ0v) is 18.7. The van der Waals surface area contributed by atoms with Crippen molar-refractivity contribution in [2.75, 3.05) is 19.6 Å². The number of rotatable bonds is 5. The van der Waals surface area contributed by atoms with Gasteiger partial charge in [0.1, 0.15) is 22.6 Å². The summed E-state index contributed by atoms with van der Waals surface area (Å²) in [7, 11) is 0. The molecule has 0 saturated carbocycles. The van der Waals surface area contributed by atoms with Crippen LogP contribution in [0.2, 0.25) is 0 Å². The molecule has 160 valence electrons. The van der Waals surface area contributed by atoms with E-state index in [1.54, 1.807) is 6.20 Å². The number of nitrogens with zero attached hydrogens (tertiary/aromatic N) is 5. The number of nitrogens with one attached hydrogen (secondary N) is 3. The highest BCUT2D eigenvalue weighted by atomic mass is 79.9. The lowest BCUT2D eigenvalue weighted by Crippen LogP contribution is -2.64. The van der Waals surface area contributed by atoms with Gasteiger partial charge in [0.15, 0.2) is 5.84 Å². The van der Waals surface area contributed by atoms with Crippen molar-refractivity contribution < 1.29 is 0 Å². The molecule has 10 heteroatoms. The second kappa shape index (κ2) is 8.75. The van der Waals surface area contributed by atoms with Crippen LogP contribution in [0.3, 0.4) is 0 Å². The molecular formula is C20H28BrN9. The minimum Gasteiger partial charge on any atom is -0.404 e. The van der Waals surface area contributed by atoms with E-state index < -0.39 is 0 Å². The molecule has 0 aliphatic carbocycles. The lowest BCUT2D eigenvalue weighted by atomic mass is 9.95. The van der Waals surface area contributed by atoms with E-state index in [1.807, 2.05) is 24.8 Å². The molecule has 1 fully saturated rings. The highest BCUT2D eigenvalue weighted by molar-refractivity contribution is 9.11. The first kappa shape index (κ1) is 20.8. The third-order valence-corrected chi connectivity index (χ3v) is 6.45. The first-order valence-corrected chi connectivity index (χ1v) is 11.0. The van der Waals surface area contributed by atoms with E-state index in [0.29, 0.717) is 0 Å². The Balaban J connectivity index is 1.52. The normalized spacial score (nSPS) is 32.0. The molecule has 4 unspecified atom stereocenters. The molecule has 0 aromatic carbocycles. The Morgan fingerprint density at radius 3 is 2.97 bits per heavy atom. The van der Waals surface area contributed by atoms with Gasteiger partial charge in [-0.2, -0.15) is 0 Å². The summed E-state index contributed by atoms with van der Waals surface area (Å²) in [5.41, 5.74) is 7.66. The van der Waals surface area contributed by atoms with E-state index in [4.69, 9.17) is 11.1 Å². The van der Waals surface area contributed by atoms with Gasteiger partial charge in [-0.1, -0.05) is 6.92 Å². The molecule has 9 nitrogen and oxygen atoms in total. The summed E-state index contributed by atoms with van der Waals surface area (Å²) in [6, 6.07) is 0.258. The summed E-state index contributed by atoms with van der Waals surface area (Å²) in [6.45, 7) is 7.11. The van der Waals surface area contributed by atoms with Gasteiger partial charge in [0.25, 0.3) is 0 Å². The summed E-state index contributed by atoms with van der Waals surface area (Å²) in [6.07, 6.45) is 12.7. The maximum atomic E-state index is 7.80. The van der Waals surface area contributed by atoms with Gasteiger partial charge in [-0.05, 0) is 35.5 Å². The van der Waals surface area contributed by atoms with Crippen LogP contribution in [0.5, 0.6) is 0 Å². The van der Waals surface area contributed by atoms with Crippen LogP contribution in [0.15, 0.2) is 56.7 Å². The highest BCUT2D eigenvalue weighted by Gasteiger charge is 2.39. The van der Waals surface area contributed by atoms with Gasteiger partial charge >= 0.3 is 0 Å². The lowest BCUT2D eigenvalue weighted by molar-refractivity contribution is 0.0284. The highest BCUT2D eigenvalue weighted by Crippen LogP contribution is 2.27. The zero-order valence-electron chi connectivity index (χ0n) is 17.2. The van der Waals surface area contributed by atoms with Crippen LogP contribution in [-0.4, -0.2) is 77.0 Å². The van der Waals surface area contributed by atoms with Crippen molar-refractivity contribution in [3.8, 4) is 0 Å². The number of halogens is 1.